The quantitative estimate of drug-likeness (QED) is 0.393. The van der Waals surface area contributed by atoms with E-state index >= 15 is 0 Å². The van der Waals surface area contributed by atoms with Crippen molar-refractivity contribution >= 4 is 16.5 Å². The number of rotatable bonds is 6. The molecule has 0 N–H and O–H groups in total. The van der Waals surface area contributed by atoms with E-state index in [0.717, 1.165) is 17.7 Å². The zero-order valence-electron chi connectivity index (χ0n) is 12.6. The molecule has 0 amide bonds. The van der Waals surface area contributed by atoms with E-state index in [0.29, 0.717) is 13.2 Å². The fourth-order valence-electron chi connectivity index (χ4n) is 2.31. The summed E-state index contributed by atoms with van der Waals surface area (Å²) in [4.78, 5) is 9.50. The molecule has 0 unspecified atom stereocenters. The standard InChI is InChI=1S/C18H19N3O/c1-2-11-22-20-18(13-21-10-9-19-14-21)17-8-7-15-5-3-4-6-16(15)12-17/h3-10,12,14H,2,11,13H2,1H3/b20-18-. The fourth-order valence-corrected chi connectivity index (χ4v) is 2.31. The highest BCUT2D eigenvalue weighted by Crippen LogP contribution is 2.17. The molecule has 0 saturated heterocycles. The van der Waals surface area contributed by atoms with Gasteiger partial charge in [-0.15, -0.1) is 0 Å². The Balaban J connectivity index is 1.93. The van der Waals surface area contributed by atoms with Gasteiger partial charge in [0.2, 0.25) is 0 Å². The van der Waals surface area contributed by atoms with Gasteiger partial charge in [-0.3, -0.25) is 0 Å². The number of benzene rings is 2. The van der Waals surface area contributed by atoms with E-state index in [-0.39, 0.29) is 0 Å². The molecule has 0 radical (unpaired) electrons. The lowest BCUT2D eigenvalue weighted by atomic mass is 10.0. The predicted molar refractivity (Wildman–Crippen MR) is 89.0 cm³/mol. The van der Waals surface area contributed by atoms with Crippen LogP contribution in [0.5, 0.6) is 0 Å². The van der Waals surface area contributed by atoms with Gasteiger partial charge in [-0.2, -0.15) is 0 Å². The maximum Gasteiger partial charge on any atom is 0.116 e. The first-order valence-electron chi connectivity index (χ1n) is 7.50. The van der Waals surface area contributed by atoms with E-state index in [4.69, 9.17) is 4.84 Å². The molecule has 3 rings (SSSR count). The van der Waals surface area contributed by atoms with Gasteiger partial charge >= 0.3 is 0 Å². The van der Waals surface area contributed by atoms with Crippen LogP contribution in [0.1, 0.15) is 18.9 Å². The number of hydrogen-bond acceptors (Lipinski definition) is 3. The highest BCUT2D eigenvalue weighted by Gasteiger charge is 2.07. The van der Waals surface area contributed by atoms with Crippen LogP contribution in [0.25, 0.3) is 10.8 Å². The third-order valence-electron chi connectivity index (χ3n) is 3.44. The Hall–Kier alpha value is -2.62. The van der Waals surface area contributed by atoms with Crippen LogP contribution in [0, 0.1) is 0 Å². The number of oxime groups is 1. The average Bonchev–Trinajstić information content (AvgIpc) is 3.07. The van der Waals surface area contributed by atoms with Crippen molar-refractivity contribution < 1.29 is 4.84 Å². The molecule has 0 saturated carbocycles. The molecule has 4 nitrogen and oxygen atoms in total. The molecule has 2 aromatic carbocycles. The van der Waals surface area contributed by atoms with Crippen molar-refractivity contribution in [2.24, 2.45) is 5.16 Å². The minimum Gasteiger partial charge on any atom is -0.396 e. The lowest BCUT2D eigenvalue weighted by Crippen LogP contribution is -2.11. The molecular weight excluding hydrogens is 274 g/mol. The van der Waals surface area contributed by atoms with Crippen molar-refractivity contribution in [3.63, 3.8) is 0 Å². The van der Waals surface area contributed by atoms with Crippen LogP contribution in [0.3, 0.4) is 0 Å². The van der Waals surface area contributed by atoms with Gasteiger partial charge in [0, 0.05) is 18.0 Å². The topological polar surface area (TPSA) is 39.4 Å². The summed E-state index contributed by atoms with van der Waals surface area (Å²) in [6.07, 6.45) is 6.43. The van der Waals surface area contributed by atoms with Crippen molar-refractivity contribution in [2.45, 2.75) is 19.9 Å². The molecular formula is C18H19N3O. The molecule has 3 aromatic rings. The second-order valence-electron chi connectivity index (χ2n) is 5.17. The second kappa shape index (κ2) is 6.89. The molecule has 0 aliphatic rings. The van der Waals surface area contributed by atoms with Crippen molar-refractivity contribution in [1.29, 1.82) is 0 Å². The molecule has 4 heteroatoms. The van der Waals surface area contributed by atoms with E-state index in [9.17, 15) is 0 Å². The normalized spacial score (nSPS) is 11.8. The fraction of sp³-hybridized carbons (Fsp3) is 0.222. The molecule has 0 fully saturated rings. The Morgan fingerprint density at radius 2 is 2.05 bits per heavy atom. The maximum atomic E-state index is 5.41. The lowest BCUT2D eigenvalue weighted by molar-refractivity contribution is 0.144. The van der Waals surface area contributed by atoms with Gasteiger partial charge in [0.1, 0.15) is 12.3 Å². The summed E-state index contributed by atoms with van der Waals surface area (Å²) < 4.78 is 1.99. The van der Waals surface area contributed by atoms with Crippen molar-refractivity contribution in [3.8, 4) is 0 Å². The van der Waals surface area contributed by atoms with Crippen molar-refractivity contribution in [3.05, 3.63) is 66.7 Å². The maximum absolute atomic E-state index is 5.41. The number of hydrogen-bond donors (Lipinski definition) is 0. The highest BCUT2D eigenvalue weighted by molar-refractivity contribution is 6.03. The lowest BCUT2D eigenvalue weighted by Gasteiger charge is -2.09. The third-order valence-corrected chi connectivity index (χ3v) is 3.44. The number of aromatic nitrogens is 2. The van der Waals surface area contributed by atoms with Gasteiger partial charge in [0.15, 0.2) is 0 Å². The molecule has 0 atom stereocenters. The van der Waals surface area contributed by atoms with Gasteiger partial charge in [-0.05, 0) is 23.3 Å². The molecule has 0 aliphatic heterocycles. The van der Waals surface area contributed by atoms with Crippen molar-refractivity contribution in [2.75, 3.05) is 6.61 Å². The second-order valence-corrected chi connectivity index (χ2v) is 5.17. The highest BCUT2D eigenvalue weighted by atomic mass is 16.6. The van der Waals surface area contributed by atoms with Crippen LogP contribution in [0.15, 0.2) is 66.3 Å². The Labute approximate surface area is 130 Å². The molecule has 22 heavy (non-hydrogen) atoms. The zero-order chi connectivity index (χ0) is 15.2. The summed E-state index contributed by atoms with van der Waals surface area (Å²) in [7, 11) is 0. The largest absolute Gasteiger partial charge is 0.396 e. The molecule has 0 bridgehead atoms. The van der Waals surface area contributed by atoms with Crippen LogP contribution >= 0.6 is 0 Å². The van der Waals surface area contributed by atoms with Crippen LogP contribution in [-0.4, -0.2) is 21.9 Å². The Morgan fingerprint density at radius 3 is 2.82 bits per heavy atom. The molecule has 0 aliphatic carbocycles. The molecule has 1 heterocycles. The van der Waals surface area contributed by atoms with Gasteiger partial charge in [-0.25, -0.2) is 4.98 Å². The zero-order valence-corrected chi connectivity index (χ0v) is 12.6. The molecule has 0 spiro atoms. The van der Waals surface area contributed by atoms with Crippen LogP contribution < -0.4 is 0 Å². The van der Waals surface area contributed by atoms with E-state index in [1.165, 1.54) is 10.8 Å². The molecule has 112 valence electrons. The Kier molecular flexibility index (Phi) is 4.49. The third kappa shape index (κ3) is 3.34. The van der Waals surface area contributed by atoms with E-state index in [1.807, 2.05) is 22.9 Å². The first kappa shape index (κ1) is 14.3. The predicted octanol–water partition coefficient (Wildman–Crippen LogP) is 3.87. The summed E-state index contributed by atoms with van der Waals surface area (Å²) in [5.74, 6) is 0. The number of imidazole rings is 1. The van der Waals surface area contributed by atoms with Gasteiger partial charge in [0.05, 0.1) is 12.9 Å². The smallest absolute Gasteiger partial charge is 0.116 e. The van der Waals surface area contributed by atoms with Crippen molar-refractivity contribution in [1.82, 2.24) is 9.55 Å². The minimum atomic E-state index is 0.626. The van der Waals surface area contributed by atoms with Gasteiger partial charge in [0.25, 0.3) is 0 Å². The van der Waals surface area contributed by atoms with Crippen LogP contribution in [0.2, 0.25) is 0 Å². The Bertz CT molecular complexity index is 763. The SMILES string of the molecule is CCCO/N=C(/Cn1ccnc1)c1ccc2ccccc2c1. The summed E-state index contributed by atoms with van der Waals surface area (Å²) in [6.45, 7) is 3.34. The summed E-state index contributed by atoms with van der Waals surface area (Å²) in [5.41, 5.74) is 1.97. The van der Waals surface area contributed by atoms with E-state index in [1.54, 1.807) is 12.5 Å². The van der Waals surface area contributed by atoms with Crippen LogP contribution in [0.4, 0.5) is 0 Å². The summed E-state index contributed by atoms with van der Waals surface area (Å²) >= 11 is 0. The first-order valence-corrected chi connectivity index (χ1v) is 7.50. The molecule has 1 aromatic heterocycles. The van der Waals surface area contributed by atoms with Gasteiger partial charge < -0.3 is 9.40 Å². The van der Waals surface area contributed by atoms with Gasteiger partial charge in [-0.1, -0.05) is 48.5 Å². The number of nitrogens with zero attached hydrogens (tertiary/aromatic N) is 3. The van der Waals surface area contributed by atoms with E-state index < -0.39 is 0 Å². The van der Waals surface area contributed by atoms with Crippen LogP contribution in [-0.2, 0) is 11.4 Å². The van der Waals surface area contributed by atoms with E-state index in [2.05, 4.69) is 47.4 Å². The summed E-state index contributed by atoms with van der Waals surface area (Å²) in [6, 6.07) is 14.7. The average molecular weight is 293 g/mol. The monoisotopic (exact) mass is 293 g/mol. The first-order chi connectivity index (χ1) is 10.9. The number of fused-ring (bicyclic) bond motifs is 1. The Morgan fingerprint density at radius 1 is 1.18 bits per heavy atom. The minimum absolute atomic E-state index is 0.626. The summed E-state index contributed by atoms with van der Waals surface area (Å²) in [5, 5.41) is 6.76.